The lowest BCUT2D eigenvalue weighted by Crippen LogP contribution is -2.23. The number of thiazole rings is 1. The number of halogens is 3. The quantitative estimate of drug-likeness (QED) is 0.628. The van der Waals surface area contributed by atoms with Crippen molar-refractivity contribution in [2.45, 2.75) is 19.7 Å². The van der Waals surface area contributed by atoms with Crippen LogP contribution in [-0.2, 0) is 22.3 Å². The van der Waals surface area contributed by atoms with Crippen LogP contribution in [0.15, 0.2) is 48.0 Å². The molecule has 0 radical (unpaired) electrons. The molecule has 10 heteroatoms. The number of ether oxygens (including phenoxy) is 1. The summed E-state index contributed by atoms with van der Waals surface area (Å²) in [6.07, 6.45) is -2.95. The highest BCUT2D eigenvalue weighted by atomic mass is 32.1. The van der Waals surface area contributed by atoms with Crippen LogP contribution < -0.4 is 4.90 Å². The fraction of sp³-hybridized carbons (Fsp3) is 0.167. The number of hydrogen-bond acceptors (Lipinski definition) is 5. The predicted octanol–water partition coefficient (Wildman–Crippen LogP) is 4.53. The third-order valence-electron chi connectivity index (χ3n) is 3.65. The lowest BCUT2D eigenvalue weighted by Gasteiger charge is -2.19. The molecule has 3 aromatic rings. The molecular formula is C18H14F3N3O3S. The molecule has 28 heavy (non-hydrogen) atoms. The number of benzene rings is 1. The van der Waals surface area contributed by atoms with E-state index < -0.39 is 23.6 Å². The maximum absolute atomic E-state index is 13.0. The molecule has 1 N–H and O–H groups in total. The number of carbonyl (C=O) groups excluding carboxylic acids is 2. The first kappa shape index (κ1) is 19.6. The Morgan fingerprint density at radius 2 is 2.04 bits per heavy atom. The van der Waals surface area contributed by atoms with E-state index in [9.17, 15) is 22.8 Å². The van der Waals surface area contributed by atoms with Gasteiger partial charge >= 0.3 is 12.1 Å². The Bertz CT molecular complexity index is 983. The smallest absolute Gasteiger partial charge is 0.416 e. The summed E-state index contributed by atoms with van der Waals surface area (Å²) in [7, 11) is 0. The van der Waals surface area contributed by atoms with Gasteiger partial charge in [-0.3, -0.25) is 9.69 Å². The van der Waals surface area contributed by atoms with Gasteiger partial charge in [-0.25, -0.2) is 9.78 Å². The summed E-state index contributed by atoms with van der Waals surface area (Å²) in [6, 6.07) is 7.63. The largest absolute Gasteiger partial charge is 0.454 e. The van der Waals surface area contributed by atoms with Crippen LogP contribution in [0.1, 0.15) is 28.7 Å². The van der Waals surface area contributed by atoms with Crippen molar-refractivity contribution in [2.75, 3.05) is 4.90 Å². The van der Waals surface area contributed by atoms with E-state index in [4.69, 9.17) is 4.74 Å². The number of esters is 1. The Morgan fingerprint density at radius 1 is 1.25 bits per heavy atom. The van der Waals surface area contributed by atoms with E-state index in [1.807, 2.05) is 0 Å². The zero-order valence-corrected chi connectivity index (χ0v) is 15.3. The molecule has 2 heterocycles. The first-order valence-corrected chi connectivity index (χ1v) is 8.86. The van der Waals surface area contributed by atoms with Gasteiger partial charge in [0.15, 0.2) is 5.13 Å². The van der Waals surface area contributed by atoms with Crippen molar-refractivity contribution in [1.82, 2.24) is 9.97 Å². The molecule has 0 atom stereocenters. The number of H-pyrrole nitrogens is 1. The van der Waals surface area contributed by atoms with Crippen LogP contribution in [0.25, 0.3) is 0 Å². The maximum atomic E-state index is 13.0. The topological polar surface area (TPSA) is 75.3 Å². The van der Waals surface area contributed by atoms with Crippen LogP contribution >= 0.6 is 11.3 Å². The van der Waals surface area contributed by atoms with Crippen LogP contribution in [-0.4, -0.2) is 21.8 Å². The third kappa shape index (κ3) is 4.39. The van der Waals surface area contributed by atoms with Gasteiger partial charge in [0.1, 0.15) is 12.3 Å². The van der Waals surface area contributed by atoms with Crippen LogP contribution in [0.3, 0.4) is 0 Å². The summed E-state index contributed by atoms with van der Waals surface area (Å²) in [4.78, 5) is 31.9. The highest BCUT2D eigenvalue weighted by molar-refractivity contribution is 7.14. The van der Waals surface area contributed by atoms with Crippen molar-refractivity contribution < 1.29 is 27.5 Å². The summed E-state index contributed by atoms with van der Waals surface area (Å²) in [5, 5.41) is 1.75. The number of nitrogens with one attached hydrogen (secondary N) is 1. The molecule has 0 aliphatic heterocycles. The Hall–Kier alpha value is -3.14. The van der Waals surface area contributed by atoms with Gasteiger partial charge < -0.3 is 9.72 Å². The summed E-state index contributed by atoms with van der Waals surface area (Å²) in [5.74, 6) is -1.07. The summed E-state index contributed by atoms with van der Waals surface area (Å²) in [6.45, 7) is 1.09. The SMILES string of the molecule is CC(=O)N(c1cccc(C(F)(F)F)c1)c1nc(COC(=O)c2ccc[nH]2)cs1. The number of aromatic amines is 1. The molecule has 0 bridgehead atoms. The zero-order chi connectivity index (χ0) is 20.3. The van der Waals surface area contributed by atoms with Crippen molar-refractivity contribution in [2.24, 2.45) is 0 Å². The minimum atomic E-state index is -4.53. The zero-order valence-electron chi connectivity index (χ0n) is 14.5. The first-order chi connectivity index (χ1) is 13.3. The average molecular weight is 409 g/mol. The second kappa shape index (κ2) is 7.85. The standard InChI is InChI=1S/C18H14F3N3O3S/c1-11(25)24(14-5-2-4-12(8-14)18(19,20)21)17-23-13(10-28-17)9-27-16(26)15-6-3-7-22-15/h2-8,10,22H,9H2,1H3. The van der Waals surface area contributed by atoms with Gasteiger partial charge in [0, 0.05) is 18.5 Å². The average Bonchev–Trinajstić information content (AvgIpc) is 3.31. The Labute approximate surface area is 161 Å². The number of carbonyl (C=O) groups is 2. The Kier molecular flexibility index (Phi) is 5.50. The molecule has 146 valence electrons. The van der Waals surface area contributed by atoms with Gasteiger partial charge in [0.2, 0.25) is 5.91 Å². The summed E-state index contributed by atoms with van der Waals surface area (Å²) < 4.78 is 44.0. The van der Waals surface area contributed by atoms with Gasteiger partial charge in [-0.05, 0) is 30.3 Å². The van der Waals surface area contributed by atoms with Crippen molar-refractivity contribution >= 4 is 34.0 Å². The second-order valence-corrected chi connectivity index (χ2v) is 6.52. The van der Waals surface area contributed by atoms with Crippen LogP contribution in [0.4, 0.5) is 24.0 Å². The number of aromatic nitrogens is 2. The van der Waals surface area contributed by atoms with Gasteiger partial charge in [0.25, 0.3) is 0 Å². The van der Waals surface area contributed by atoms with Crippen LogP contribution in [0, 0.1) is 0 Å². The summed E-state index contributed by atoms with van der Waals surface area (Å²) >= 11 is 1.06. The van der Waals surface area contributed by atoms with E-state index in [1.165, 1.54) is 19.1 Å². The number of amides is 1. The lowest BCUT2D eigenvalue weighted by molar-refractivity contribution is -0.137. The molecule has 0 aliphatic carbocycles. The molecular weight excluding hydrogens is 395 g/mol. The number of nitrogens with zero attached hydrogens (tertiary/aromatic N) is 2. The molecule has 1 amide bonds. The van der Waals surface area contributed by atoms with Crippen LogP contribution in [0.5, 0.6) is 0 Å². The molecule has 6 nitrogen and oxygen atoms in total. The second-order valence-electron chi connectivity index (χ2n) is 5.68. The van der Waals surface area contributed by atoms with Crippen molar-refractivity contribution in [3.63, 3.8) is 0 Å². The fourth-order valence-electron chi connectivity index (χ4n) is 2.39. The minimum absolute atomic E-state index is 0.0478. The monoisotopic (exact) mass is 409 g/mol. The Balaban J connectivity index is 1.79. The van der Waals surface area contributed by atoms with Gasteiger partial charge in [-0.2, -0.15) is 13.2 Å². The number of alkyl halides is 3. The molecule has 0 aliphatic rings. The summed E-state index contributed by atoms with van der Waals surface area (Å²) in [5.41, 5.74) is -0.164. The molecule has 3 rings (SSSR count). The number of rotatable bonds is 5. The lowest BCUT2D eigenvalue weighted by atomic mass is 10.2. The normalized spacial score (nSPS) is 11.3. The van der Waals surface area contributed by atoms with E-state index in [2.05, 4.69) is 9.97 Å². The predicted molar refractivity (Wildman–Crippen MR) is 96.3 cm³/mol. The van der Waals surface area contributed by atoms with Gasteiger partial charge in [-0.1, -0.05) is 6.07 Å². The van der Waals surface area contributed by atoms with E-state index in [-0.39, 0.29) is 23.1 Å². The molecule has 0 spiro atoms. The minimum Gasteiger partial charge on any atom is -0.454 e. The highest BCUT2D eigenvalue weighted by Crippen LogP contribution is 2.35. The van der Waals surface area contributed by atoms with E-state index in [0.29, 0.717) is 5.69 Å². The molecule has 0 saturated carbocycles. The van der Waals surface area contributed by atoms with Gasteiger partial charge in [-0.15, -0.1) is 11.3 Å². The van der Waals surface area contributed by atoms with E-state index in [0.717, 1.165) is 28.4 Å². The van der Waals surface area contributed by atoms with Gasteiger partial charge in [0.05, 0.1) is 16.9 Å². The molecule has 0 unspecified atom stereocenters. The molecule has 0 fully saturated rings. The van der Waals surface area contributed by atoms with E-state index >= 15 is 0 Å². The molecule has 2 aromatic heterocycles. The van der Waals surface area contributed by atoms with Crippen LogP contribution in [0.2, 0.25) is 0 Å². The van der Waals surface area contributed by atoms with E-state index in [1.54, 1.807) is 23.7 Å². The Morgan fingerprint density at radius 3 is 2.68 bits per heavy atom. The molecule has 1 aromatic carbocycles. The van der Waals surface area contributed by atoms with Crippen molar-refractivity contribution in [3.05, 3.63) is 64.9 Å². The fourth-order valence-corrected chi connectivity index (χ4v) is 3.26. The number of hydrogen-bond donors (Lipinski definition) is 1. The third-order valence-corrected chi connectivity index (χ3v) is 4.52. The maximum Gasteiger partial charge on any atom is 0.416 e. The van der Waals surface area contributed by atoms with Crippen molar-refractivity contribution in [3.8, 4) is 0 Å². The highest BCUT2D eigenvalue weighted by Gasteiger charge is 2.31. The first-order valence-electron chi connectivity index (χ1n) is 7.98. The van der Waals surface area contributed by atoms with Crippen molar-refractivity contribution in [1.29, 1.82) is 0 Å². The number of anilines is 2. The molecule has 0 saturated heterocycles.